The van der Waals surface area contributed by atoms with Crippen LogP contribution in [0.4, 0.5) is 10.1 Å². The highest BCUT2D eigenvalue weighted by atomic mass is 19.1. The van der Waals surface area contributed by atoms with Crippen LogP contribution >= 0.6 is 0 Å². The van der Waals surface area contributed by atoms with E-state index in [1.54, 1.807) is 6.07 Å². The summed E-state index contributed by atoms with van der Waals surface area (Å²) in [6.45, 7) is 6.05. The molecule has 0 aliphatic carbocycles. The van der Waals surface area contributed by atoms with E-state index in [1.165, 1.54) is 17.7 Å². The minimum absolute atomic E-state index is 0.163. The molecule has 0 radical (unpaired) electrons. The number of halogens is 1. The molecule has 1 unspecified atom stereocenters. The zero-order valence-corrected chi connectivity index (χ0v) is 8.84. The molecule has 1 nitrogen and oxygen atoms in total. The van der Waals surface area contributed by atoms with Gasteiger partial charge in [-0.05, 0) is 37.6 Å². The van der Waals surface area contributed by atoms with Crippen molar-refractivity contribution >= 4 is 5.69 Å². The third-order valence-corrected chi connectivity index (χ3v) is 2.12. The van der Waals surface area contributed by atoms with Gasteiger partial charge in [0.05, 0.1) is 0 Å². The summed E-state index contributed by atoms with van der Waals surface area (Å²) in [7, 11) is 0. The van der Waals surface area contributed by atoms with E-state index in [4.69, 9.17) is 5.73 Å². The maximum Gasteiger partial charge on any atom is 0.123 e. The molecule has 2 heteroatoms. The van der Waals surface area contributed by atoms with Crippen molar-refractivity contribution in [2.45, 2.75) is 26.7 Å². The van der Waals surface area contributed by atoms with Crippen LogP contribution in [0.2, 0.25) is 0 Å². The standard InChI is InChI=1S/C12H16FN/c1-8(2)6-9(3)11-7-10(13)4-5-12(11)14/h4-7,9H,14H2,1-3H3. The maximum absolute atomic E-state index is 13.0. The molecule has 0 amide bonds. The first-order valence-electron chi connectivity index (χ1n) is 4.70. The lowest BCUT2D eigenvalue weighted by Gasteiger charge is -2.11. The van der Waals surface area contributed by atoms with Gasteiger partial charge in [-0.3, -0.25) is 0 Å². The van der Waals surface area contributed by atoms with Crippen LogP contribution in [0.25, 0.3) is 0 Å². The monoisotopic (exact) mass is 193 g/mol. The van der Waals surface area contributed by atoms with Gasteiger partial charge in [0.25, 0.3) is 0 Å². The molecular weight excluding hydrogens is 177 g/mol. The third-order valence-electron chi connectivity index (χ3n) is 2.12. The van der Waals surface area contributed by atoms with Crippen LogP contribution in [-0.4, -0.2) is 0 Å². The second kappa shape index (κ2) is 4.27. The normalized spacial score (nSPS) is 12.3. The average molecular weight is 193 g/mol. The van der Waals surface area contributed by atoms with Crippen molar-refractivity contribution in [1.29, 1.82) is 0 Å². The predicted octanol–water partition coefficient (Wildman–Crippen LogP) is 3.48. The van der Waals surface area contributed by atoms with Crippen LogP contribution in [0.5, 0.6) is 0 Å². The third kappa shape index (κ3) is 2.59. The molecule has 0 aliphatic rings. The Kier molecular flexibility index (Phi) is 3.28. The van der Waals surface area contributed by atoms with Gasteiger partial charge in [-0.15, -0.1) is 0 Å². The molecule has 0 bridgehead atoms. The highest BCUT2D eigenvalue weighted by Crippen LogP contribution is 2.24. The minimum atomic E-state index is -0.233. The number of anilines is 1. The van der Waals surface area contributed by atoms with E-state index in [2.05, 4.69) is 6.08 Å². The van der Waals surface area contributed by atoms with E-state index in [1.807, 2.05) is 20.8 Å². The lowest BCUT2D eigenvalue weighted by Crippen LogP contribution is -1.98. The molecule has 2 N–H and O–H groups in total. The largest absolute Gasteiger partial charge is 0.398 e. The smallest absolute Gasteiger partial charge is 0.123 e. The molecule has 0 heterocycles. The van der Waals surface area contributed by atoms with E-state index in [0.717, 1.165) is 5.56 Å². The zero-order valence-electron chi connectivity index (χ0n) is 8.84. The number of benzene rings is 1. The first kappa shape index (κ1) is 10.8. The van der Waals surface area contributed by atoms with Crippen LogP contribution in [0.15, 0.2) is 29.8 Å². The highest BCUT2D eigenvalue weighted by Gasteiger charge is 2.07. The Morgan fingerprint density at radius 1 is 1.43 bits per heavy atom. The fourth-order valence-corrected chi connectivity index (χ4v) is 1.53. The summed E-state index contributed by atoms with van der Waals surface area (Å²) in [5.41, 5.74) is 8.48. The summed E-state index contributed by atoms with van der Waals surface area (Å²) in [4.78, 5) is 0. The van der Waals surface area contributed by atoms with Crippen LogP contribution in [0.1, 0.15) is 32.3 Å². The molecule has 0 aliphatic heterocycles. The quantitative estimate of drug-likeness (QED) is 0.564. The van der Waals surface area contributed by atoms with Crippen LogP contribution in [0, 0.1) is 5.82 Å². The van der Waals surface area contributed by atoms with Gasteiger partial charge in [0.1, 0.15) is 5.82 Å². The van der Waals surface area contributed by atoms with Gasteiger partial charge in [0, 0.05) is 11.6 Å². The van der Waals surface area contributed by atoms with Crippen LogP contribution in [-0.2, 0) is 0 Å². The van der Waals surface area contributed by atoms with Gasteiger partial charge in [-0.25, -0.2) is 4.39 Å². The molecule has 0 spiro atoms. The van der Waals surface area contributed by atoms with Gasteiger partial charge in [0.2, 0.25) is 0 Å². The van der Waals surface area contributed by atoms with E-state index in [-0.39, 0.29) is 11.7 Å². The Labute approximate surface area is 84.4 Å². The number of nitrogens with two attached hydrogens (primary N) is 1. The summed E-state index contributed by atoms with van der Waals surface area (Å²) in [5.74, 6) is -0.0705. The van der Waals surface area contributed by atoms with E-state index in [0.29, 0.717) is 5.69 Å². The van der Waals surface area contributed by atoms with Crippen molar-refractivity contribution in [2.24, 2.45) is 0 Å². The Hall–Kier alpha value is -1.31. The lowest BCUT2D eigenvalue weighted by molar-refractivity contribution is 0.625. The topological polar surface area (TPSA) is 26.0 Å². The number of hydrogen-bond donors (Lipinski definition) is 1. The van der Waals surface area contributed by atoms with Crippen molar-refractivity contribution in [3.8, 4) is 0 Å². The Balaban J connectivity index is 3.05. The average Bonchev–Trinajstić information content (AvgIpc) is 2.08. The van der Waals surface area contributed by atoms with Gasteiger partial charge in [-0.1, -0.05) is 18.6 Å². The second-order valence-corrected chi connectivity index (χ2v) is 3.81. The van der Waals surface area contributed by atoms with Crippen molar-refractivity contribution in [3.05, 3.63) is 41.2 Å². The predicted molar refractivity (Wildman–Crippen MR) is 58.7 cm³/mol. The molecule has 76 valence electrons. The highest BCUT2D eigenvalue weighted by molar-refractivity contribution is 5.49. The van der Waals surface area contributed by atoms with Gasteiger partial charge >= 0.3 is 0 Å². The molecule has 0 saturated heterocycles. The van der Waals surface area contributed by atoms with E-state index in [9.17, 15) is 4.39 Å². The lowest BCUT2D eigenvalue weighted by atomic mass is 9.97. The van der Waals surface area contributed by atoms with Gasteiger partial charge in [0.15, 0.2) is 0 Å². The van der Waals surface area contributed by atoms with Crippen molar-refractivity contribution < 1.29 is 4.39 Å². The second-order valence-electron chi connectivity index (χ2n) is 3.81. The first-order valence-corrected chi connectivity index (χ1v) is 4.70. The molecule has 0 saturated carbocycles. The fraction of sp³-hybridized carbons (Fsp3) is 0.333. The number of allylic oxidation sites excluding steroid dienone is 2. The van der Waals surface area contributed by atoms with E-state index < -0.39 is 0 Å². The van der Waals surface area contributed by atoms with Crippen molar-refractivity contribution in [1.82, 2.24) is 0 Å². The van der Waals surface area contributed by atoms with Crippen molar-refractivity contribution in [3.63, 3.8) is 0 Å². The summed E-state index contributed by atoms with van der Waals surface area (Å²) >= 11 is 0. The van der Waals surface area contributed by atoms with E-state index >= 15 is 0 Å². The molecule has 0 fully saturated rings. The summed E-state index contributed by atoms with van der Waals surface area (Å²) < 4.78 is 13.0. The molecule has 14 heavy (non-hydrogen) atoms. The Bertz CT molecular complexity index is 351. The summed E-state index contributed by atoms with van der Waals surface area (Å²) in [5, 5.41) is 0. The SMILES string of the molecule is CC(C)=CC(C)c1cc(F)ccc1N. The van der Waals surface area contributed by atoms with Crippen LogP contribution in [0.3, 0.4) is 0 Å². The summed E-state index contributed by atoms with van der Waals surface area (Å²) in [6, 6.07) is 4.49. The number of nitrogen functional groups attached to an aromatic ring is 1. The van der Waals surface area contributed by atoms with Gasteiger partial charge in [-0.2, -0.15) is 0 Å². The molecule has 1 aromatic rings. The maximum atomic E-state index is 13.0. The van der Waals surface area contributed by atoms with Crippen LogP contribution < -0.4 is 5.73 Å². The zero-order chi connectivity index (χ0) is 10.7. The number of rotatable bonds is 2. The molecule has 1 aromatic carbocycles. The Morgan fingerprint density at radius 2 is 2.07 bits per heavy atom. The number of hydrogen-bond acceptors (Lipinski definition) is 1. The molecular formula is C12H16FN. The summed E-state index contributed by atoms with van der Waals surface area (Å²) in [6.07, 6.45) is 2.07. The first-order chi connectivity index (χ1) is 6.50. The molecule has 1 rings (SSSR count). The fourth-order valence-electron chi connectivity index (χ4n) is 1.53. The Morgan fingerprint density at radius 3 is 2.64 bits per heavy atom. The molecule has 0 aromatic heterocycles. The molecule has 1 atom stereocenters. The minimum Gasteiger partial charge on any atom is -0.398 e. The van der Waals surface area contributed by atoms with Crippen molar-refractivity contribution in [2.75, 3.05) is 5.73 Å². The van der Waals surface area contributed by atoms with Gasteiger partial charge < -0.3 is 5.73 Å².